The van der Waals surface area contributed by atoms with E-state index in [0.29, 0.717) is 18.2 Å². The molecule has 0 spiro atoms. The van der Waals surface area contributed by atoms with Crippen molar-refractivity contribution in [3.63, 3.8) is 0 Å². The highest BCUT2D eigenvalue weighted by Crippen LogP contribution is 2.20. The number of amides is 1. The van der Waals surface area contributed by atoms with E-state index >= 15 is 0 Å². The Balaban J connectivity index is 2.27. The number of carbonyl (C=O) groups excluding carboxylic acids is 2. The summed E-state index contributed by atoms with van der Waals surface area (Å²) in [5.41, 5.74) is 0.992. The first-order valence-electron chi connectivity index (χ1n) is 6.13. The van der Waals surface area contributed by atoms with Crippen LogP contribution < -0.4 is 0 Å². The van der Waals surface area contributed by atoms with Crippen LogP contribution in [0.25, 0.3) is 0 Å². The van der Waals surface area contributed by atoms with E-state index < -0.39 is 12.0 Å². The van der Waals surface area contributed by atoms with Gasteiger partial charge in [-0.05, 0) is 13.0 Å². The molecule has 0 bridgehead atoms. The van der Waals surface area contributed by atoms with Gasteiger partial charge in [-0.25, -0.2) is 4.79 Å². The molecule has 1 aliphatic heterocycles. The second kappa shape index (κ2) is 6.19. The Morgan fingerprint density at radius 2 is 2.30 bits per heavy atom. The maximum atomic E-state index is 12.5. The Bertz CT molecular complexity index is 535. The van der Waals surface area contributed by atoms with E-state index in [-0.39, 0.29) is 18.1 Å². The average molecular weight is 299 g/mol. The van der Waals surface area contributed by atoms with E-state index in [1.54, 1.807) is 13.0 Å². The van der Waals surface area contributed by atoms with Crippen LogP contribution in [0.2, 0.25) is 5.02 Å². The molecule has 0 N–H and O–H groups in total. The van der Waals surface area contributed by atoms with Gasteiger partial charge in [0.1, 0.15) is 0 Å². The van der Waals surface area contributed by atoms with E-state index in [2.05, 4.69) is 4.98 Å². The zero-order valence-corrected chi connectivity index (χ0v) is 12.0. The summed E-state index contributed by atoms with van der Waals surface area (Å²) >= 11 is 6.07. The Labute approximate surface area is 121 Å². The second-order valence-electron chi connectivity index (χ2n) is 4.42. The molecule has 1 fully saturated rings. The monoisotopic (exact) mass is 298 g/mol. The van der Waals surface area contributed by atoms with Crippen molar-refractivity contribution in [2.45, 2.75) is 13.0 Å². The number of morpholine rings is 1. The van der Waals surface area contributed by atoms with E-state index in [0.717, 1.165) is 5.69 Å². The molecule has 20 heavy (non-hydrogen) atoms. The van der Waals surface area contributed by atoms with Crippen molar-refractivity contribution in [2.24, 2.45) is 0 Å². The molecule has 1 aromatic heterocycles. The molecule has 1 aromatic rings. The number of hydrogen-bond acceptors (Lipinski definition) is 5. The summed E-state index contributed by atoms with van der Waals surface area (Å²) in [5, 5.41) is 0.317. The fourth-order valence-corrected chi connectivity index (χ4v) is 2.30. The first-order valence-corrected chi connectivity index (χ1v) is 6.51. The summed E-state index contributed by atoms with van der Waals surface area (Å²) in [7, 11) is 1.28. The maximum Gasteiger partial charge on any atom is 0.331 e. The lowest BCUT2D eigenvalue weighted by atomic mass is 10.1. The Kier molecular flexibility index (Phi) is 4.57. The maximum absolute atomic E-state index is 12.5. The summed E-state index contributed by atoms with van der Waals surface area (Å²) in [4.78, 5) is 29.7. The summed E-state index contributed by atoms with van der Waals surface area (Å²) in [5.74, 6) is -0.851. The Morgan fingerprint density at radius 3 is 2.95 bits per heavy atom. The van der Waals surface area contributed by atoms with Crippen molar-refractivity contribution < 1.29 is 19.1 Å². The number of aromatic nitrogens is 1. The zero-order valence-electron chi connectivity index (χ0n) is 11.3. The molecule has 7 heteroatoms. The van der Waals surface area contributed by atoms with Crippen LogP contribution in [-0.2, 0) is 14.3 Å². The average Bonchev–Trinajstić information content (AvgIpc) is 2.46. The molecule has 2 rings (SSSR count). The van der Waals surface area contributed by atoms with Gasteiger partial charge in [0.2, 0.25) is 0 Å². The molecule has 0 saturated carbocycles. The zero-order chi connectivity index (χ0) is 14.7. The summed E-state index contributed by atoms with van der Waals surface area (Å²) in [6.45, 7) is 2.58. The molecule has 0 aliphatic carbocycles. The lowest BCUT2D eigenvalue weighted by Gasteiger charge is -2.33. The predicted octanol–water partition coefficient (Wildman–Crippen LogP) is 1.06. The number of aryl methyl sites for hydroxylation is 1. The summed E-state index contributed by atoms with van der Waals surface area (Å²) in [6.07, 6.45) is 1.42. The first-order chi connectivity index (χ1) is 9.54. The summed E-state index contributed by atoms with van der Waals surface area (Å²) < 4.78 is 9.92. The number of hydrogen-bond donors (Lipinski definition) is 0. The van der Waals surface area contributed by atoms with Crippen molar-refractivity contribution in [1.82, 2.24) is 9.88 Å². The number of carbonyl (C=O) groups is 2. The normalized spacial score (nSPS) is 18.8. The van der Waals surface area contributed by atoms with Crippen LogP contribution >= 0.6 is 11.6 Å². The van der Waals surface area contributed by atoms with Gasteiger partial charge in [0.25, 0.3) is 5.91 Å². The predicted molar refractivity (Wildman–Crippen MR) is 71.6 cm³/mol. The Hall–Kier alpha value is -1.66. The van der Waals surface area contributed by atoms with Crippen LogP contribution in [0, 0.1) is 6.92 Å². The molecule has 1 amide bonds. The second-order valence-corrected chi connectivity index (χ2v) is 4.83. The number of halogens is 1. The lowest BCUT2D eigenvalue weighted by Crippen LogP contribution is -2.53. The minimum atomic E-state index is -0.751. The number of nitrogens with zero attached hydrogens (tertiary/aromatic N) is 2. The summed E-state index contributed by atoms with van der Waals surface area (Å²) in [6, 6.07) is 0.862. The van der Waals surface area contributed by atoms with E-state index in [1.807, 2.05) is 0 Å². The van der Waals surface area contributed by atoms with Crippen LogP contribution in [0.4, 0.5) is 0 Å². The number of ether oxygens (including phenoxy) is 2. The van der Waals surface area contributed by atoms with Gasteiger partial charge in [0, 0.05) is 18.4 Å². The Morgan fingerprint density at radius 1 is 1.55 bits per heavy atom. The lowest BCUT2D eigenvalue weighted by molar-refractivity contribution is -0.151. The van der Waals surface area contributed by atoms with Crippen molar-refractivity contribution in [3.05, 3.63) is 28.5 Å². The molecule has 1 aliphatic rings. The fraction of sp³-hybridized carbons (Fsp3) is 0.462. The van der Waals surface area contributed by atoms with Gasteiger partial charge < -0.3 is 14.4 Å². The highest BCUT2D eigenvalue weighted by atomic mass is 35.5. The number of rotatable bonds is 2. The van der Waals surface area contributed by atoms with E-state index in [9.17, 15) is 9.59 Å². The van der Waals surface area contributed by atoms with Crippen molar-refractivity contribution in [1.29, 1.82) is 0 Å². The van der Waals surface area contributed by atoms with Gasteiger partial charge in [-0.15, -0.1) is 0 Å². The van der Waals surface area contributed by atoms with Gasteiger partial charge in [-0.2, -0.15) is 0 Å². The topological polar surface area (TPSA) is 68.7 Å². The van der Waals surface area contributed by atoms with Crippen molar-refractivity contribution in [3.8, 4) is 0 Å². The molecule has 1 saturated heterocycles. The third-order valence-corrected chi connectivity index (χ3v) is 3.40. The van der Waals surface area contributed by atoms with Crippen LogP contribution in [-0.4, -0.2) is 54.7 Å². The number of methoxy groups -OCH3 is 1. The van der Waals surface area contributed by atoms with Crippen LogP contribution in [0.3, 0.4) is 0 Å². The quantitative estimate of drug-likeness (QED) is 0.764. The van der Waals surface area contributed by atoms with Crippen molar-refractivity contribution >= 4 is 23.5 Å². The molecule has 0 aromatic carbocycles. The molecule has 6 nitrogen and oxygen atoms in total. The van der Waals surface area contributed by atoms with Gasteiger partial charge in [0.15, 0.2) is 6.04 Å². The minimum Gasteiger partial charge on any atom is -0.467 e. The fourth-order valence-electron chi connectivity index (χ4n) is 2.02. The van der Waals surface area contributed by atoms with Gasteiger partial charge in [-0.3, -0.25) is 9.78 Å². The van der Waals surface area contributed by atoms with Gasteiger partial charge >= 0.3 is 5.97 Å². The first kappa shape index (κ1) is 14.7. The molecule has 0 radical (unpaired) electrons. The molecule has 2 heterocycles. The van der Waals surface area contributed by atoms with E-state index in [1.165, 1.54) is 18.2 Å². The minimum absolute atomic E-state index is 0.120. The highest BCUT2D eigenvalue weighted by molar-refractivity contribution is 6.33. The van der Waals surface area contributed by atoms with Crippen LogP contribution in [0.15, 0.2) is 12.3 Å². The number of esters is 1. The van der Waals surface area contributed by atoms with E-state index in [4.69, 9.17) is 21.1 Å². The van der Waals surface area contributed by atoms with Gasteiger partial charge in [0.05, 0.1) is 30.9 Å². The highest BCUT2D eigenvalue weighted by Gasteiger charge is 2.34. The van der Waals surface area contributed by atoms with Crippen molar-refractivity contribution in [2.75, 3.05) is 26.9 Å². The molecular formula is C13H15ClN2O4. The van der Waals surface area contributed by atoms with Crippen LogP contribution in [0.1, 0.15) is 16.1 Å². The molecule has 108 valence electrons. The third-order valence-electron chi connectivity index (χ3n) is 3.08. The third kappa shape index (κ3) is 2.91. The standard InChI is InChI=1S/C13H15ClN2O4/c1-8-5-10(14)9(6-15-8)12(17)16-3-4-20-7-11(16)13(18)19-2/h5-6,11H,3-4,7H2,1-2H3. The SMILES string of the molecule is COC(=O)C1COCCN1C(=O)c1cnc(C)cc1Cl. The molecular weight excluding hydrogens is 284 g/mol. The van der Waals surface area contributed by atoms with Gasteiger partial charge in [-0.1, -0.05) is 11.6 Å². The van der Waals surface area contributed by atoms with Crippen LogP contribution in [0.5, 0.6) is 0 Å². The number of pyridine rings is 1. The molecule has 1 atom stereocenters. The smallest absolute Gasteiger partial charge is 0.331 e. The largest absolute Gasteiger partial charge is 0.467 e. The molecule has 1 unspecified atom stereocenters.